The van der Waals surface area contributed by atoms with E-state index < -0.39 is 5.97 Å². The number of nitrogens with two attached hydrogens (primary N) is 1. The van der Waals surface area contributed by atoms with Gasteiger partial charge in [-0.05, 0) is 33.7 Å². The topological polar surface area (TPSA) is 83.6 Å². The number of rotatable bonds is 6. The number of nitrogens with zero attached hydrogens (tertiary/aromatic N) is 1. The van der Waals surface area contributed by atoms with Gasteiger partial charge in [0.2, 0.25) is 5.91 Å². The third-order valence-electron chi connectivity index (χ3n) is 2.25. The van der Waals surface area contributed by atoms with Crippen molar-refractivity contribution in [2.45, 2.75) is 45.6 Å². The lowest BCUT2D eigenvalue weighted by Gasteiger charge is -2.35. The summed E-state index contributed by atoms with van der Waals surface area (Å²) in [5.74, 6) is -0.917. The molecule has 0 saturated carbocycles. The van der Waals surface area contributed by atoms with Crippen molar-refractivity contribution < 1.29 is 14.7 Å². The van der Waals surface area contributed by atoms with Crippen LogP contribution in [-0.2, 0) is 9.59 Å². The van der Waals surface area contributed by atoms with Gasteiger partial charge < -0.3 is 15.7 Å². The first-order valence-corrected chi connectivity index (χ1v) is 5.51. The highest BCUT2D eigenvalue weighted by atomic mass is 16.4. The zero-order valence-corrected chi connectivity index (χ0v) is 10.3. The molecule has 0 aliphatic heterocycles. The molecule has 0 spiro atoms. The van der Waals surface area contributed by atoms with Gasteiger partial charge in [0.05, 0.1) is 6.42 Å². The molecule has 0 aromatic carbocycles. The molecule has 16 heavy (non-hydrogen) atoms. The van der Waals surface area contributed by atoms with Crippen LogP contribution >= 0.6 is 0 Å². The van der Waals surface area contributed by atoms with Gasteiger partial charge in [-0.3, -0.25) is 9.59 Å². The smallest absolute Gasteiger partial charge is 0.305 e. The lowest BCUT2D eigenvalue weighted by atomic mass is 10.0. The Morgan fingerprint density at radius 2 is 1.81 bits per heavy atom. The predicted octanol–water partition coefficient (Wildman–Crippen LogP) is 0.827. The molecule has 0 unspecified atom stereocenters. The largest absolute Gasteiger partial charge is 0.481 e. The van der Waals surface area contributed by atoms with E-state index in [2.05, 4.69) is 0 Å². The minimum atomic E-state index is -0.888. The Kier molecular flexibility index (Phi) is 6.03. The van der Waals surface area contributed by atoms with Gasteiger partial charge in [0.1, 0.15) is 0 Å². The Morgan fingerprint density at radius 3 is 2.19 bits per heavy atom. The van der Waals surface area contributed by atoms with Crippen molar-refractivity contribution in [3.8, 4) is 0 Å². The summed E-state index contributed by atoms with van der Waals surface area (Å²) in [5.41, 5.74) is 5.00. The van der Waals surface area contributed by atoms with Gasteiger partial charge in [-0.15, -0.1) is 0 Å². The normalized spacial score (nSPS) is 11.2. The quantitative estimate of drug-likeness (QED) is 0.707. The van der Waals surface area contributed by atoms with E-state index in [1.807, 2.05) is 20.8 Å². The van der Waals surface area contributed by atoms with Crippen molar-refractivity contribution in [1.29, 1.82) is 0 Å². The summed E-state index contributed by atoms with van der Waals surface area (Å²) in [7, 11) is 0. The second-order valence-corrected chi connectivity index (χ2v) is 4.75. The van der Waals surface area contributed by atoms with Crippen LogP contribution < -0.4 is 5.73 Å². The maximum atomic E-state index is 11.8. The molecule has 0 aromatic heterocycles. The second kappa shape index (κ2) is 6.48. The maximum absolute atomic E-state index is 11.8. The molecule has 0 aromatic rings. The molecule has 1 amide bonds. The average molecular weight is 230 g/mol. The SMILES string of the molecule is CC(C)(C)N(CCC(=O)O)C(=O)CCCN. The van der Waals surface area contributed by atoms with E-state index in [0.29, 0.717) is 19.4 Å². The van der Waals surface area contributed by atoms with Crippen molar-refractivity contribution in [1.82, 2.24) is 4.90 Å². The molecule has 5 nitrogen and oxygen atoms in total. The number of aliphatic carboxylic acids is 1. The Balaban J connectivity index is 4.42. The summed E-state index contributed by atoms with van der Waals surface area (Å²) in [6.07, 6.45) is 0.998. The van der Waals surface area contributed by atoms with Crippen molar-refractivity contribution in [3.63, 3.8) is 0 Å². The van der Waals surface area contributed by atoms with Gasteiger partial charge in [-0.25, -0.2) is 0 Å². The number of carboxylic acid groups (broad SMARTS) is 1. The van der Waals surface area contributed by atoms with Crippen molar-refractivity contribution in [2.24, 2.45) is 5.73 Å². The van der Waals surface area contributed by atoms with E-state index in [4.69, 9.17) is 10.8 Å². The lowest BCUT2D eigenvalue weighted by molar-refractivity contribution is -0.140. The van der Waals surface area contributed by atoms with E-state index in [1.165, 1.54) is 0 Å². The van der Waals surface area contributed by atoms with Crippen molar-refractivity contribution in [2.75, 3.05) is 13.1 Å². The molecule has 0 bridgehead atoms. The fourth-order valence-electron chi connectivity index (χ4n) is 1.43. The lowest BCUT2D eigenvalue weighted by Crippen LogP contribution is -2.46. The maximum Gasteiger partial charge on any atom is 0.305 e. The third-order valence-corrected chi connectivity index (χ3v) is 2.25. The molecule has 0 fully saturated rings. The van der Waals surface area contributed by atoms with E-state index in [0.717, 1.165) is 0 Å². The number of carboxylic acids is 1. The minimum absolute atomic E-state index is 0.0222. The Morgan fingerprint density at radius 1 is 1.25 bits per heavy atom. The molecule has 0 saturated heterocycles. The van der Waals surface area contributed by atoms with Crippen LogP contribution in [0.15, 0.2) is 0 Å². The average Bonchev–Trinajstić information content (AvgIpc) is 2.12. The van der Waals surface area contributed by atoms with Crippen LogP contribution in [-0.4, -0.2) is 40.5 Å². The monoisotopic (exact) mass is 230 g/mol. The highest BCUT2D eigenvalue weighted by Gasteiger charge is 2.25. The van der Waals surface area contributed by atoms with Gasteiger partial charge in [0.15, 0.2) is 0 Å². The highest BCUT2D eigenvalue weighted by Crippen LogP contribution is 2.15. The van der Waals surface area contributed by atoms with Crippen molar-refractivity contribution >= 4 is 11.9 Å². The van der Waals surface area contributed by atoms with E-state index in [1.54, 1.807) is 4.90 Å². The molecule has 0 rings (SSSR count). The van der Waals surface area contributed by atoms with Gasteiger partial charge >= 0.3 is 5.97 Å². The Labute approximate surface area is 96.6 Å². The molecule has 0 aliphatic rings. The van der Waals surface area contributed by atoms with E-state index in [-0.39, 0.29) is 24.4 Å². The van der Waals surface area contributed by atoms with Crippen LogP contribution in [0.2, 0.25) is 0 Å². The summed E-state index contributed by atoms with van der Waals surface area (Å²) in [6, 6.07) is 0. The molecule has 0 heterocycles. The van der Waals surface area contributed by atoms with Crippen molar-refractivity contribution in [3.05, 3.63) is 0 Å². The van der Waals surface area contributed by atoms with Gasteiger partial charge in [0.25, 0.3) is 0 Å². The standard InChI is InChI=1S/C11H22N2O3/c1-11(2,3)13(8-6-10(15)16)9(14)5-4-7-12/h4-8,12H2,1-3H3,(H,15,16). The third kappa shape index (κ3) is 5.70. The van der Waals surface area contributed by atoms with Crippen LogP contribution in [0.5, 0.6) is 0 Å². The second-order valence-electron chi connectivity index (χ2n) is 4.75. The molecular weight excluding hydrogens is 208 g/mol. The summed E-state index contributed by atoms with van der Waals surface area (Å²) < 4.78 is 0. The molecule has 3 N–H and O–H groups in total. The fourth-order valence-corrected chi connectivity index (χ4v) is 1.43. The first-order chi connectivity index (χ1) is 7.29. The number of amides is 1. The van der Waals surface area contributed by atoms with E-state index in [9.17, 15) is 9.59 Å². The van der Waals surface area contributed by atoms with Crippen LogP contribution in [0, 0.1) is 0 Å². The van der Waals surface area contributed by atoms with E-state index >= 15 is 0 Å². The number of hydrogen-bond acceptors (Lipinski definition) is 3. The summed E-state index contributed by atoms with van der Waals surface area (Å²) in [6.45, 7) is 6.42. The molecule has 0 aliphatic carbocycles. The van der Waals surface area contributed by atoms with Crippen LogP contribution in [0.3, 0.4) is 0 Å². The van der Waals surface area contributed by atoms with Crippen LogP contribution in [0.25, 0.3) is 0 Å². The Bertz CT molecular complexity index is 246. The number of carbonyl (C=O) groups excluding carboxylic acids is 1. The molecule has 94 valence electrons. The molecule has 0 radical (unpaired) electrons. The zero-order chi connectivity index (χ0) is 12.8. The predicted molar refractivity (Wildman–Crippen MR) is 62.0 cm³/mol. The Hall–Kier alpha value is -1.10. The number of carbonyl (C=O) groups is 2. The molecule has 5 heteroatoms. The first kappa shape index (κ1) is 14.9. The summed E-state index contributed by atoms with van der Waals surface area (Å²) >= 11 is 0. The number of hydrogen-bond donors (Lipinski definition) is 2. The molecule has 0 atom stereocenters. The fraction of sp³-hybridized carbons (Fsp3) is 0.818. The van der Waals surface area contributed by atoms with Gasteiger partial charge in [0, 0.05) is 18.5 Å². The zero-order valence-electron chi connectivity index (χ0n) is 10.3. The van der Waals surface area contributed by atoms with Crippen LogP contribution in [0.4, 0.5) is 0 Å². The van der Waals surface area contributed by atoms with Crippen LogP contribution in [0.1, 0.15) is 40.0 Å². The highest BCUT2D eigenvalue weighted by molar-refractivity contribution is 5.77. The minimum Gasteiger partial charge on any atom is -0.481 e. The summed E-state index contributed by atoms with van der Waals surface area (Å²) in [5, 5.41) is 8.63. The van der Waals surface area contributed by atoms with Gasteiger partial charge in [-0.2, -0.15) is 0 Å². The first-order valence-electron chi connectivity index (χ1n) is 5.51. The molecular formula is C11H22N2O3. The summed E-state index contributed by atoms with van der Waals surface area (Å²) in [4.78, 5) is 24.0. The van der Waals surface area contributed by atoms with Gasteiger partial charge in [-0.1, -0.05) is 0 Å².